The monoisotopic (exact) mass is 341 g/mol. The summed E-state index contributed by atoms with van der Waals surface area (Å²) in [4.78, 5) is 22.2. The van der Waals surface area contributed by atoms with Crippen molar-refractivity contribution < 1.29 is 18.8 Å². The van der Waals surface area contributed by atoms with Crippen LogP contribution in [0.25, 0.3) is 5.69 Å². The van der Waals surface area contributed by atoms with Crippen LogP contribution in [0.4, 0.5) is 10.1 Å². The average molecular weight is 341 g/mol. The van der Waals surface area contributed by atoms with Gasteiger partial charge in [-0.15, -0.1) is 0 Å². The lowest BCUT2D eigenvalue weighted by Crippen LogP contribution is -2.07. The molecule has 0 amide bonds. The molecule has 0 aliphatic rings. The smallest absolute Gasteiger partial charge is 0.359 e. The van der Waals surface area contributed by atoms with Gasteiger partial charge < -0.3 is 4.74 Å². The van der Waals surface area contributed by atoms with Crippen LogP contribution in [-0.2, 0) is 11.3 Å². The number of aromatic nitrogens is 2. The van der Waals surface area contributed by atoms with Crippen molar-refractivity contribution in [3.8, 4) is 5.69 Å². The number of hydrogen-bond acceptors (Lipinski definition) is 5. The highest BCUT2D eigenvalue weighted by Gasteiger charge is 2.14. The van der Waals surface area contributed by atoms with E-state index in [9.17, 15) is 19.3 Å². The Morgan fingerprint density at radius 3 is 2.76 bits per heavy atom. The van der Waals surface area contributed by atoms with E-state index in [1.807, 2.05) is 0 Å². The molecule has 0 bridgehead atoms. The number of esters is 1. The maximum absolute atomic E-state index is 13.7. The van der Waals surface area contributed by atoms with Crippen LogP contribution in [0, 0.1) is 15.9 Å². The zero-order valence-corrected chi connectivity index (χ0v) is 12.8. The first-order chi connectivity index (χ1) is 12.0. The molecule has 0 radical (unpaired) electrons. The van der Waals surface area contributed by atoms with Gasteiger partial charge in [0.2, 0.25) is 0 Å². The molecular weight excluding hydrogens is 329 g/mol. The highest BCUT2D eigenvalue weighted by atomic mass is 19.1. The molecule has 0 fully saturated rings. The van der Waals surface area contributed by atoms with E-state index >= 15 is 0 Å². The van der Waals surface area contributed by atoms with Crippen LogP contribution in [-0.4, -0.2) is 20.7 Å². The van der Waals surface area contributed by atoms with E-state index in [2.05, 4.69) is 5.10 Å². The molecule has 126 valence electrons. The Hall–Kier alpha value is -3.55. The number of rotatable bonds is 5. The molecule has 0 unspecified atom stereocenters. The molecule has 0 saturated heterocycles. The summed E-state index contributed by atoms with van der Waals surface area (Å²) in [5.41, 5.74) is 0.613. The zero-order chi connectivity index (χ0) is 17.8. The Bertz CT molecular complexity index is 939. The largest absolute Gasteiger partial charge is 0.456 e. The Kier molecular flexibility index (Phi) is 4.51. The summed E-state index contributed by atoms with van der Waals surface area (Å²) in [5.74, 6) is -1.18. The lowest BCUT2D eigenvalue weighted by atomic mass is 10.2. The van der Waals surface area contributed by atoms with Crippen molar-refractivity contribution in [2.75, 3.05) is 0 Å². The molecule has 0 spiro atoms. The van der Waals surface area contributed by atoms with Crippen LogP contribution in [0.1, 0.15) is 16.1 Å². The Morgan fingerprint density at radius 1 is 1.20 bits per heavy atom. The zero-order valence-electron chi connectivity index (χ0n) is 12.8. The minimum absolute atomic E-state index is 0.00804. The fraction of sp³-hybridized carbons (Fsp3) is 0.0588. The van der Waals surface area contributed by atoms with E-state index in [0.717, 1.165) is 0 Å². The van der Waals surface area contributed by atoms with E-state index in [0.29, 0.717) is 5.56 Å². The van der Waals surface area contributed by atoms with Gasteiger partial charge in [-0.25, -0.2) is 13.9 Å². The molecule has 25 heavy (non-hydrogen) atoms. The van der Waals surface area contributed by atoms with E-state index in [1.165, 1.54) is 47.3 Å². The standard InChI is InChI=1S/C17H12FN3O4/c18-14-6-1-2-7-16(14)20-9-8-15(19-20)17(22)25-11-12-4-3-5-13(10-12)21(23)24/h1-10H,11H2. The highest BCUT2D eigenvalue weighted by Crippen LogP contribution is 2.15. The molecule has 0 saturated carbocycles. The molecule has 2 aromatic carbocycles. The van der Waals surface area contributed by atoms with E-state index in [4.69, 9.17) is 4.74 Å². The molecule has 0 N–H and O–H groups in total. The molecule has 8 heteroatoms. The molecule has 0 aliphatic heterocycles. The summed E-state index contributed by atoms with van der Waals surface area (Å²) in [6, 6.07) is 13.2. The topological polar surface area (TPSA) is 87.3 Å². The number of ether oxygens (including phenoxy) is 1. The van der Waals surface area contributed by atoms with Crippen molar-refractivity contribution in [3.05, 3.63) is 88.0 Å². The van der Waals surface area contributed by atoms with Crippen molar-refractivity contribution in [2.24, 2.45) is 0 Å². The SMILES string of the molecule is O=C(OCc1cccc([N+](=O)[O-])c1)c1ccn(-c2ccccc2F)n1. The van der Waals surface area contributed by atoms with Crippen LogP contribution >= 0.6 is 0 Å². The van der Waals surface area contributed by atoms with Crippen molar-refractivity contribution in [1.29, 1.82) is 0 Å². The molecule has 1 heterocycles. The fourth-order valence-electron chi connectivity index (χ4n) is 2.19. The molecular formula is C17H12FN3O4. The van der Waals surface area contributed by atoms with Crippen LogP contribution in [0.2, 0.25) is 0 Å². The summed E-state index contributed by atoms with van der Waals surface area (Å²) in [7, 11) is 0. The van der Waals surface area contributed by atoms with Gasteiger partial charge >= 0.3 is 5.97 Å². The predicted octanol–water partition coefficient (Wildman–Crippen LogP) is 3.28. The number of nitrogens with zero attached hydrogens (tertiary/aromatic N) is 3. The Morgan fingerprint density at radius 2 is 2.00 bits per heavy atom. The second kappa shape index (κ2) is 6.91. The summed E-state index contributed by atoms with van der Waals surface area (Å²) in [5, 5.41) is 14.7. The second-order valence-corrected chi connectivity index (χ2v) is 5.10. The first-order valence-electron chi connectivity index (χ1n) is 7.25. The quantitative estimate of drug-likeness (QED) is 0.404. The van der Waals surface area contributed by atoms with Gasteiger partial charge in [0.1, 0.15) is 18.1 Å². The molecule has 1 aromatic heterocycles. The summed E-state index contributed by atoms with van der Waals surface area (Å²) >= 11 is 0. The van der Waals surface area contributed by atoms with Crippen molar-refractivity contribution >= 4 is 11.7 Å². The van der Waals surface area contributed by atoms with Gasteiger partial charge in [0.05, 0.1) is 4.92 Å². The predicted molar refractivity (Wildman–Crippen MR) is 85.7 cm³/mol. The van der Waals surface area contributed by atoms with Gasteiger partial charge in [-0.1, -0.05) is 24.3 Å². The minimum atomic E-state index is -0.707. The number of nitro groups is 1. The minimum Gasteiger partial charge on any atom is -0.456 e. The number of non-ortho nitro benzene ring substituents is 1. The summed E-state index contributed by atoms with van der Waals surface area (Å²) in [6.07, 6.45) is 1.45. The number of nitro benzene ring substituents is 1. The maximum atomic E-state index is 13.7. The third kappa shape index (κ3) is 3.69. The van der Waals surface area contributed by atoms with Crippen LogP contribution in [0.5, 0.6) is 0 Å². The van der Waals surface area contributed by atoms with Gasteiger partial charge in [-0.05, 0) is 23.8 Å². The fourth-order valence-corrected chi connectivity index (χ4v) is 2.19. The van der Waals surface area contributed by atoms with Crippen LogP contribution in [0.3, 0.4) is 0 Å². The lowest BCUT2D eigenvalue weighted by molar-refractivity contribution is -0.384. The number of hydrogen-bond donors (Lipinski definition) is 0. The maximum Gasteiger partial charge on any atom is 0.359 e. The first kappa shape index (κ1) is 16.3. The van der Waals surface area contributed by atoms with Gasteiger partial charge in [0.25, 0.3) is 5.69 Å². The average Bonchev–Trinajstić information content (AvgIpc) is 3.10. The van der Waals surface area contributed by atoms with Crippen molar-refractivity contribution in [3.63, 3.8) is 0 Å². The number of para-hydroxylation sites is 1. The molecule has 3 rings (SSSR count). The molecule has 3 aromatic rings. The van der Waals surface area contributed by atoms with E-state index < -0.39 is 16.7 Å². The number of carbonyl (C=O) groups is 1. The number of halogens is 1. The first-order valence-corrected chi connectivity index (χ1v) is 7.25. The van der Waals surface area contributed by atoms with Crippen molar-refractivity contribution in [1.82, 2.24) is 9.78 Å². The Balaban J connectivity index is 1.69. The lowest BCUT2D eigenvalue weighted by Gasteiger charge is -2.04. The van der Waals surface area contributed by atoms with E-state index in [-0.39, 0.29) is 23.7 Å². The van der Waals surface area contributed by atoms with E-state index in [1.54, 1.807) is 18.2 Å². The van der Waals surface area contributed by atoms with Gasteiger partial charge in [0.15, 0.2) is 5.69 Å². The molecule has 7 nitrogen and oxygen atoms in total. The number of benzene rings is 2. The number of carbonyl (C=O) groups excluding carboxylic acids is 1. The van der Waals surface area contributed by atoms with Crippen molar-refractivity contribution in [2.45, 2.75) is 6.61 Å². The highest BCUT2D eigenvalue weighted by molar-refractivity contribution is 5.87. The van der Waals surface area contributed by atoms with Crippen LogP contribution < -0.4 is 0 Å². The third-order valence-electron chi connectivity index (χ3n) is 3.39. The molecule has 0 aliphatic carbocycles. The van der Waals surface area contributed by atoms with Crippen LogP contribution in [0.15, 0.2) is 60.8 Å². The van der Waals surface area contributed by atoms with Gasteiger partial charge in [-0.3, -0.25) is 10.1 Å². The second-order valence-electron chi connectivity index (χ2n) is 5.10. The van der Waals surface area contributed by atoms with Gasteiger partial charge in [0, 0.05) is 18.3 Å². The third-order valence-corrected chi connectivity index (χ3v) is 3.39. The Labute approximate surface area is 141 Å². The summed E-state index contributed by atoms with van der Waals surface area (Å²) in [6.45, 7) is -0.132. The normalized spacial score (nSPS) is 10.4. The molecule has 0 atom stereocenters. The van der Waals surface area contributed by atoms with Gasteiger partial charge in [-0.2, -0.15) is 5.10 Å². The summed E-state index contributed by atoms with van der Waals surface area (Å²) < 4.78 is 20.1.